The molecule has 0 aliphatic heterocycles. The van der Waals surface area contributed by atoms with Gasteiger partial charge in [0, 0.05) is 10.3 Å². The third-order valence-corrected chi connectivity index (χ3v) is 9.96. The number of methoxy groups -OCH3 is 1. The topological polar surface area (TPSA) is 29.5 Å². The predicted octanol–water partition coefficient (Wildman–Crippen LogP) is 6.93. The number of thioether (sulfide) groups is 1. The number of rotatable bonds is 2. The van der Waals surface area contributed by atoms with Crippen LogP contribution < -0.4 is 0 Å². The van der Waals surface area contributed by atoms with Crippen molar-refractivity contribution in [3.8, 4) is 11.8 Å². The molecule has 0 bridgehead atoms. The number of hydrogen-bond acceptors (Lipinski definition) is 3. The van der Waals surface area contributed by atoms with Crippen molar-refractivity contribution in [3.05, 3.63) is 75.4 Å². The molecule has 0 radical (unpaired) electrons. The van der Waals surface area contributed by atoms with Gasteiger partial charge in [0.1, 0.15) is 11.9 Å². The summed E-state index contributed by atoms with van der Waals surface area (Å²) in [5.41, 5.74) is 7.24. The van der Waals surface area contributed by atoms with Crippen LogP contribution in [0.2, 0.25) is 0 Å². The van der Waals surface area contributed by atoms with Crippen molar-refractivity contribution in [2.75, 3.05) is 13.4 Å². The molecule has 2 unspecified atom stereocenters. The third-order valence-electron chi connectivity index (χ3n) is 9.20. The summed E-state index contributed by atoms with van der Waals surface area (Å²) >= 11 is 1.72. The molecular formula is C31H34O2S. The summed E-state index contributed by atoms with van der Waals surface area (Å²) in [5.74, 6) is 7.30. The molecule has 5 aliphatic carbocycles. The number of benzene rings is 1. The van der Waals surface area contributed by atoms with E-state index in [1.54, 1.807) is 18.9 Å². The van der Waals surface area contributed by atoms with E-state index >= 15 is 0 Å². The van der Waals surface area contributed by atoms with Gasteiger partial charge in [-0.15, -0.1) is 11.8 Å². The minimum atomic E-state index is -0.742. The Morgan fingerprint density at radius 1 is 0.971 bits per heavy atom. The molecular weight excluding hydrogens is 436 g/mol. The van der Waals surface area contributed by atoms with E-state index in [1.807, 2.05) is 0 Å². The van der Waals surface area contributed by atoms with Crippen molar-refractivity contribution in [3.63, 3.8) is 0 Å². The summed E-state index contributed by atoms with van der Waals surface area (Å²) in [6.45, 7) is 0. The van der Waals surface area contributed by atoms with Gasteiger partial charge in [-0.3, -0.25) is 0 Å². The Hall–Kier alpha value is -2.15. The van der Waals surface area contributed by atoms with Crippen LogP contribution in [-0.4, -0.2) is 24.6 Å². The van der Waals surface area contributed by atoms with Crippen molar-refractivity contribution in [1.29, 1.82) is 0 Å². The van der Waals surface area contributed by atoms with Crippen molar-refractivity contribution in [1.82, 2.24) is 0 Å². The first-order valence-electron chi connectivity index (χ1n) is 12.9. The van der Waals surface area contributed by atoms with Gasteiger partial charge in [-0.2, -0.15) is 0 Å². The molecule has 5 aliphatic rings. The van der Waals surface area contributed by atoms with E-state index in [1.165, 1.54) is 85.6 Å². The average molecular weight is 471 g/mol. The molecule has 1 N–H and O–H groups in total. The Morgan fingerprint density at radius 2 is 1.74 bits per heavy atom. The predicted molar refractivity (Wildman–Crippen MR) is 141 cm³/mol. The molecule has 0 heterocycles. The highest BCUT2D eigenvalue weighted by Gasteiger charge is 2.51. The lowest BCUT2D eigenvalue weighted by Gasteiger charge is -2.48. The van der Waals surface area contributed by atoms with Crippen LogP contribution in [0, 0.1) is 23.2 Å². The molecule has 0 aromatic heterocycles. The maximum absolute atomic E-state index is 11.0. The van der Waals surface area contributed by atoms with E-state index in [-0.39, 0.29) is 11.3 Å². The minimum absolute atomic E-state index is 0.00914. The highest BCUT2D eigenvalue weighted by Crippen LogP contribution is 2.63. The largest absolute Gasteiger partial charge is 0.496 e. The standard InChI is InChI=1S/C31H34O2S/c1-33-27-18-21-10-11-22(32)19-26-29(24(21)20-28(27)34-2)23-8-4-5-9-25(23)31(26)16-14-30(15-17-31)12-6-3-7-13-30/h4-5,8-9,18-22,32H,3,6-7,12-17H2,1-2H3/b26-19+,29-24-. The van der Waals surface area contributed by atoms with Crippen LogP contribution in [-0.2, 0) is 10.2 Å². The Labute approximate surface area is 208 Å². The summed E-state index contributed by atoms with van der Waals surface area (Å²) < 4.78 is 5.70. The van der Waals surface area contributed by atoms with E-state index in [4.69, 9.17) is 4.74 Å². The smallest absolute Gasteiger partial charge is 0.134 e. The quantitative estimate of drug-likeness (QED) is 0.475. The van der Waals surface area contributed by atoms with Gasteiger partial charge in [0.05, 0.1) is 13.0 Å². The van der Waals surface area contributed by atoms with Crippen LogP contribution in [0.25, 0.3) is 5.57 Å². The minimum Gasteiger partial charge on any atom is -0.496 e. The summed E-state index contributed by atoms with van der Waals surface area (Å²) in [7, 11) is 1.73. The Kier molecular flexibility index (Phi) is 5.58. The highest BCUT2D eigenvalue weighted by molar-refractivity contribution is 8.02. The Morgan fingerprint density at radius 3 is 2.47 bits per heavy atom. The second-order valence-corrected chi connectivity index (χ2v) is 11.6. The zero-order valence-electron chi connectivity index (χ0n) is 20.3. The van der Waals surface area contributed by atoms with Gasteiger partial charge in [-0.05, 0) is 96.3 Å². The maximum atomic E-state index is 11.0. The summed E-state index contributed by atoms with van der Waals surface area (Å²) in [6, 6.07) is 9.02. The van der Waals surface area contributed by atoms with Crippen LogP contribution in [0.15, 0.2) is 64.3 Å². The molecule has 0 amide bonds. The summed E-state index contributed by atoms with van der Waals surface area (Å²) in [4.78, 5) is 1.15. The Balaban J connectivity index is 1.53. The molecule has 1 aromatic carbocycles. The lowest BCUT2D eigenvalue weighted by molar-refractivity contribution is 0.0947. The van der Waals surface area contributed by atoms with Gasteiger partial charge in [0.2, 0.25) is 0 Å². The molecule has 2 fully saturated rings. The van der Waals surface area contributed by atoms with Crippen molar-refractivity contribution in [2.24, 2.45) is 11.3 Å². The summed E-state index contributed by atoms with van der Waals surface area (Å²) in [5, 5.41) is 11.0. The molecule has 2 atom stereocenters. The zero-order chi connectivity index (χ0) is 23.3. The lowest BCUT2D eigenvalue weighted by Crippen LogP contribution is -2.38. The molecule has 2 spiro atoms. The second-order valence-electron chi connectivity index (χ2n) is 10.8. The fourth-order valence-corrected chi connectivity index (χ4v) is 8.02. The summed E-state index contributed by atoms with van der Waals surface area (Å²) in [6.07, 6.45) is 19.8. The van der Waals surface area contributed by atoms with Gasteiger partial charge < -0.3 is 9.84 Å². The molecule has 2 saturated carbocycles. The second kappa shape index (κ2) is 8.51. The van der Waals surface area contributed by atoms with Crippen LogP contribution in [0.5, 0.6) is 0 Å². The average Bonchev–Trinajstić information content (AvgIpc) is 3.12. The highest BCUT2D eigenvalue weighted by atomic mass is 32.2. The number of hydrogen-bond donors (Lipinski definition) is 1. The Bertz CT molecular complexity index is 1190. The molecule has 0 saturated heterocycles. The van der Waals surface area contributed by atoms with E-state index in [0.29, 0.717) is 5.41 Å². The van der Waals surface area contributed by atoms with Gasteiger partial charge in [-0.25, -0.2) is 0 Å². The van der Waals surface area contributed by atoms with Crippen molar-refractivity contribution in [2.45, 2.75) is 69.3 Å². The molecule has 3 heteroatoms. The van der Waals surface area contributed by atoms with E-state index in [2.05, 4.69) is 60.6 Å². The SMILES string of the molecule is COC1=CC2C#CC(O)/C=C3\C(=C/2C=C1SC)c1ccccc1C31CCC2(CCCCC2)CC1. The van der Waals surface area contributed by atoms with E-state index in [9.17, 15) is 5.11 Å². The number of ether oxygens (including phenoxy) is 1. The fourth-order valence-electron chi connectivity index (χ4n) is 7.42. The van der Waals surface area contributed by atoms with Crippen LogP contribution in [0.4, 0.5) is 0 Å². The zero-order valence-corrected chi connectivity index (χ0v) is 21.1. The number of fused-ring (bicyclic) bond motifs is 6. The molecule has 6 rings (SSSR count). The van der Waals surface area contributed by atoms with Gasteiger partial charge in [-0.1, -0.05) is 55.4 Å². The normalized spacial score (nSPS) is 32.0. The van der Waals surface area contributed by atoms with Crippen molar-refractivity contribution >= 4 is 17.3 Å². The fraction of sp³-hybridized carbons (Fsp3) is 0.484. The molecule has 176 valence electrons. The first-order chi connectivity index (χ1) is 16.6. The first-order valence-corrected chi connectivity index (χ1v) is 14.1. The maximum Gasteiger partial charge on any atom is 0.134 e. The number of aliphatic hydroxyl groups excluding tert-OH is 1. The van der Waals surface area contributed by atoms with E-state index in [0.717, 1.165) is 10.7 Å². The molecule has 1 aromatic rings. The molecule has 2 nitrogen and oxygen atoms in total. The van der Waals surface area contributed by atoms with Gasteiger partial charge in [0.25, 0.3) is 0 Å². The van der Waals surface area contributed by atoms with Crippen LogP contribution >= 0.6 is 11.8 Å². The monoisotopic (exact) mass is 470 g/mol. The molecule has 34 heavy (non-hydrogen) atoms. The number of aliphatic hydroxyl groups is 1. The van der Waals surface area contributed by atoms with Gasteiger partial charge in [0.15, 0.2) is 0 Å². The number of allylic oxidation sites excluding steroid dienone is 5. The van der Waals surface area contributed by atoms with E-state index < -0.39 is 6.10 Å². The van der Waals surface area contributed by atoms with Crippen molar-refractivity contribution < 1.29 is 9.84 Å². The van der Waals surface area contributed by atoms with Gasteiger partial charge >= 0.3 is 0 Å². The third kappa shape index (κ3) is 3.37. The lowest BCUT2D eigenvalue weighted by atomic mass is 9.56. The van der Waals surface area contributed by atoms with Crippen LogP contribution in [0.3, 0.4) is 0 Å². The first kappa shape index (κ1) is 22.3. The van der Waals surface area contributed by atoms with Crippen LogP contribution in [0.1, 0.15) is 68.9 Å².